The van der Waals surface area contributed by atoms with E-state index >= 15 is 0 Å². The van der Waals surface area contributed by atoms with Crippen LogP contribution in [0.4, 0.5) is 5.82 Å². The molecule has 118 valence electrons. The molecule has 1 fully saturated rings. The zero-order chi connectivity index (χ0) is 15.9. The molecule has 2 rings (SSSR count). The van der Waals surface area contributed by atoms with Crippen molar-refractivity contribution in [3.8, 4) is 6.07 Å². The minimum Gasteiger partial charge on any atom is -0.383 e. The molecule has 6 nitrogen and oxygen atoms in total. The molecule has 0 saturated carbocycles. The van der Waals surface area contributed by atoms with Crippen LogP contribution in [0.1, 0.15) is 25.3 Å². The summed E-state index contributed by atoms with van der Waals surface area (Å²) in [7, 11) is 1.63. The molecule has 0 spiro atoms. The largest absolute Gasteiger partial charge is 0.383 e. The summed E-state index contributed by atoms with van der Waals surface area (Å²) in [6, 6.07) is 5.73. The predicted molar refractivity (Wildman–Crippen MR) is 83.4 cm³/mol. The van der Waals surface area contributed by atoms with Gasteiger partial charge in [-0.1, -0.05) is 0 Å². The number of ether oxygens (including phenoxy) is 1. The monoisotopic (exact) mass is 302 g/mol. The summed E-state index contributed by atoms with van der Waals surface area (Å²) >= 11 is 0. The molecular formula is C16H22N4O2. The molecule has 2 heterocycles. The molecule has 0 aliphatic carbocycles. The Morgan fingerprint density at radius 2 is 2.27 bits per heavy atom. The number of nitrogens with one attached hydrogen (secondary N) is 1. The second kappa shape index (κ2) is 7.76. The molecule has 1 amide bonds. The molecule has 1 aliphatic heterocycles. The van der Waals surface area contributed by atoms with E-state index in [0.29, 0.717) is 12.2 Å². The highest BCUT2D eigenvalue weighted by molar-refractivity contribution is 5.79. The number of rotatable bonds is 5. The lowest BCUT2D eigenvalue weighted by molar-refractivity contribution is -0.126. The fourth-order valence-electron chi connectivity index (χ4n) is 2.66. The standard InChI is InChI=1S/C16H22N4O2/c1-12(11-22-2)19-16(21)14-5-7-20(8-6-14)15-4-3-13(9-17)10-18-15/h3-4,10,12,14H,5-8,11H2,1-2H3,(H,19,21). The van der Waals surface area contributed by atoms with Gasteiger partial charge in [-0.3, -0.25) is 4.79 Å². The van der Waals surface area contributed by atoms with Crippen LogP contribution in [0.15, 0.2) is 18.3 Å². The molecule has 1 atom stereocenters. The van der Waals surface area contributed by atoms with Gasteiger partial charge in [0.1, 0.15) is 11.9 Å². The first-order chi connectivity index (χ1) is 10.6. The second-order valence-corrected chi connectivity index (χ2v) is 5.64. The smallest absolute Gasteiger partial charge is 0.223 e. The third-order valence-electron chi connectivity index (χ3n) is 3.87. The SMILES string of the molecule is COCC(C)NC(=O)C1CCN(c2ccc(C#N)cn2)CC1. The first-order valence-electron chi connectivity index (χ1n) is 7.54. The number of hydrogen-bond acceptors (Lipinski definition) is 5. The van der Waals surface area contributed by atoms with Crippen molar-refractivity contribution < 1.29 is 9.53 Å². The molecule has 1 aromatic heterocycles. The molecule has 1 unspecified atom stereocenters. The van der Waals surface area contributed by atoms with Crippen LogP contribution in [0.5, 0.6) is 0 Å². The van der Waals surface area contributed by atoms with Gasteiger partial charge in [-0.05, 0) is 31.9 Å². The fraction of sp³-hybridized carbons (Fsp3) is 0.562. The lowest BCUT2D eigenvalue weighted by Crippen LogP contribution is -2.44. The molecule has 1 aromatic rings. The summed E-state index contributed by atoms with van der Waals surface area (Å²) in [5.74, 6) is 1.02. The Morgan fingerprint density at radius 3 is 2.82 bits per heavy atom. The van der Waals surface area contributed by atoms with Gasteiger partial charge >= 0.3 is 0 Å². The number of carbonyl (C=O) groups is 1. The molecule has 0 bridgehead atoms. The van der Waals surface area contributed by atoms with Crippen molar-refractivity contribution >= 4 is 11.7 Å². The number of amides is 1. The van der Waals surface area contributed by atoms with Gasteiger partial charge in [0.25, 0.3) is 0 Å². The molecule has 6 heteroatoms. The van der Waals surface area contributed by atoms with Gasteiger partial charge in [-0.25, -0.2) is 4.98 Å². The van der Waals surface area contributed by atoms with E-state index < -0.39 is 0 Å². The average molecular weight is 302 g/mol. The first-order valence-corrected chi connectivity index (χ1v) is 7.54. The van der Waals surface area contributed by atoms with Gasteiger partial charge in [-0.2, -0.15) is 5.26 Å². The predicted octanol–water partition coefficient (Wildman–Crippen LogP) is 1.32. The van der Waals surface area contributed by atoms with E-state index in [1.165, 1.54) is 0 Å². The van der Waals surface area contributed by atoms with Crippen LogP contribution in [-0.4, -0.2) is 43.7 Å². The highest BCUT2D eigenvalue weighted by Gasteiger charge is 2.26. The van der Waals surface area contributed by atoms with E-state index in [-0.39, 0.29) is 17.9 Å². The lowest BCUT2D eigenvalue weighted by atomic mass is 9.95. The Balaban J connectivity index is 1.84. The Hall–Kier alpha value is -2.13. The number of hydrogen-bond donors (Lipinski definition) is 1. The van der Waals surface area contributed by atoms with E-state index in [2.05, 4.69) is 21.3 Å². The van der Waals surface area contributed by atoms with Crippen LogP contribution < -0.4 is 10.2 Å². The minimum atomic E-state index is 0.0377. The summed E-state index contributed by atoms with van der Waals surface area (Å²) in [5, 5.41) is 11.8. The van der Waals surface area contributed by atoms with Crippen LogP contribution in [0.3, 0.4) is 0 Å². The van der Waals surface area contributed by atoms with E-state index in [4.69, 9.17) is 10.00 Å². The minimum absolute atomic E-state index is 0.0377. The van der Waals surface area contributed by atoms with Crippen molar-refractivity contribution in [2.75, 3.05) is 31.7 Å². The number of pyridine rings is 1. The highest BCUT2D eigenvalue weighted by Crippen LogP contribution is 2.22. The normalized spacial score (nSPS) is 16.9. The van der Waals surface area contributed by atoms with Crippen LogP contribution in [-0.2, 0) is 9.53 Å². The number of nitriles is 1. The molecule has 1 N–H and O–H groups in total. The van der Waals surface area contributed by atoms with E-state index in [1.54, 1.807) is 19.4 Å². The molecule has 0 aromatic carbocycles. The van der Waals surface area contributed by atoms with Crippen molar-refractivity contribution in [3.05, 3.63) is 23.9 Å². The zero-order valence-corrected chi connectivity index (χ0v) is 13.1. The van der Waals surface area contributed by atoms with E-state index in [0.717, 1.165) is 31.7 Å². The first kappa shape index (κ1) is 16.2. The molecule has 1 saturated heterocycles. The Morgan fingerprint density at radius 1 is 1.55 bits per heavy atom. The third kappa shape index (κ3) is 4.18. The Kier molecular flexibility index (Phi) is 5.73. The summed E-state index contributed by atoms with van der Waals surface area (Å²) in [4.78, 5) is 18.6. The number of piperidine rings is 1. The molecule has 1 aliphatic rings. The third-order valence-corrected chi connectivity index (χ3v) is 3.87. The number of carbonyl (C=O) groups excluding carboxylic acids is 1. The van der Waals surface area contributed by atoms with Gasteiger partial charge in [0.2, 0.25) is 5.91 Å². The van der Waals surface area contributed by atoms with E-state index in [1.807, 2.05) is 13.0 Å². The Labute approximate surface area is 131 Å². The number of methoxy groups -OCH3 is 1. The maximum atomic E-state index is 12.2. The van der Waals surface area contributed by atoms with Crippen molar-refractivity contribution in [2.45, 2.75) is 25.8 Å². The summed E-state index contributed by atoms with van der Waals surface area (Å²) in [6.07, 6.45) is 3.21. The van der Waals surface area contributed by atoms with Crippen LogP contribution in [0, 0.1) is 17.2 Å². The van der Waals surface area contributed by atoms with Gasteiger partial charge in [0, 0.05) is 38.4 Å². The fourth-order valence-corrected chi connectivity index (χ4v) is 2.66. The molecular weight excluding hydrogens is 280 g/mol. The van der Waals surface area contributed by atoms with E-state index in [9.17, 15) is 4.79 Å². The summed E-state index contributed by atoms with van der Waals surface area (Å²) in [6.45, 7) is 4.07. The van der Waals surface area contributed by atoms with Gasteiger partial charge in [0.05, 0.1) is 12.2 Å². The molecule has 22 heavy (non-hydrogen) atoms. The number of aromatic nitrogens is 1. The summed E-state index contributed by atoms with van der Waals surface area (Å²) < 4.78 is 5.03. The van der Waals surface area contributed by atoms with Crippen molar-refractivity contribution in [3.63, 3.8) is 0 Å². The van der Waals surface area contributed by atoms with Crippen molar-refractivity contribution in [2.24, 2.45) is 5.92 Å². The lowest BCUT2D eigenvalue weighted by Gasteiger charge is -2.32. The zero-order valence-electron chi connectivity index (χ0n) is 13.1. The van der Waals surface area contributed by atoms with Crippen LogP contribution in [0.2, 0.25) is 0 Å². The van der Waals surface area contributed by atoms with Crippen molar-refractivity contribution in [1.29, 1.82) is 5.26 Å². The maximum absolute atomic E-state index is 12.2. The maximum Gasteiger partial charge on any atom is 0.223 e. The quantitative estimate of drug-likeness (QED) is 0.887. The average Bonchev–Trinajstić information content (AvgIpc) is 2.55. The van der Waals surface area contributed by atoms with Crippen molar-refractivity contribution in [1.82, 2.24) is 10.3 Å². The topological polar surface area (TPSA) is 78.2 Å². The van der Waals surface area contributed by atoms with Crippen LogP contribution in [0.25, 0.3) is 0 Å². The van der Waals surface area contributed by atoms with Gasteiger partial charge in [-0.15, -0.1) is 0 Å². The summed E-state index contributed by atoms with van der Waals surface area (Å²) in [5.41, 5.74) is 0.560. The number of nitrogens with zero attached hydrogens (tertiary/aromatic N) is 3. The van der Waals surface area contributed by atoms with Crippen LogP contribution >= 0.6 is 0 Å². The number of anilines is 1. The van der Waals surface area contributed by atoms with Gasteiger partial charge < -0.3 is 15.0 Å². The highest BCUT2D eigenvalue weighted by atomic mass is 16.5. The second-order valence-electron chi connectivity index (χ2n) is 5.64. The Bertz CT molecular complexity index is 530. The van der Waals surface area contributed by atoms with Gasteiger partial charge in [0.15, 0.2) is 0 Å². The molecule has 0 radical (unpaired) electrons.